The zero-order valence-corrected chi connectivity index (χ0v) is 17.2. The van der Waals surface area contributed by atoms with E-state index < -0.39 is 0 Å². The molecule has 1 amide bonds. The van der Waals surface area contributed by atoms with E-state index in [1.165, 1.54) is 6.92 Å². The summed E-state index contributed by atoms with van der Waals surface area (Å²) in [5.74, 6) is -0.114. The molecule has 0 fully saturated rings. The third kappa shape index (κ3) is 11.4. The molecule has 0 saturated heterocycles. The number of aryl methyl sites for hydroxylation is 1. The van der Waals surface area contributed by atoms with Gasteiger partial charge in [-0.25, -0.2) is 4.99 Å². The second kappa shape index (κ2) is 15.4. The number of ether oxygens (including phenoxy) is 1. The van der Waals surface area contributed by atoms with E-state index in [9.17, 15) is 4.79 Å². The number of amidine groups is 1. The van der Waals surface area contributed by atoms with E-state index in [4.69, 9.17) is 4.74 Å². The van der Waals surface area contributed by atoms with Crippen LogP contribution in [0.15, 0.2) is 52.6 Å². The normalized spacial score (nSPS) is 11.6. The van der Waals surface area contributed by atoms with Crippen molar-refractivity contribution in [3.8, 4) is 0 Å². The van der Waals surface area contributed by atoms with Crippen LogP contribution < -0.4 is 10.6 Å². The predicted molar refractivity (Wildman–Crippen MR) is 117 cm³/mol. The van der Waals surface area contributed by atoms with E-state index in [0.29, 0.717) is 11.7 Å². The van der Waals surface area contributed by atoms with Crippen LogP contribution >= 0.6 is 0 Å². The fraction of sp³-hybridized carbons (Fsp3) is 0.381. The lowest BCUT2D eigenvalue weighted by molar-refractivity contribution is -0.114. The van der Waals surface area contributed by atoms with Gasteiger partial charge in [-0.05, 0) is 31.0 Å². The molecule has 6 nitrogen and oxygen atoms in total. The van der Waals surface area contributed by atoms with Crippen molar-refractivity contribution in [2.24, 2.45) is 9.98 Å². The summed E-state index contributed by atoms with van der Waals surface area (Å²) in [5, 5.41) is 5.87. The summed E-state index contributed by atoms with van der Waals surface area (Å²) in [7, 11) is 3.31. The molecule has 2 N–H and O–H groups in total. The van der Waals surface area contributed by atoms with E-state index in [-0.39, 0.29) is 5.91 Å². The number of amides is 1. The highest BCUT2D eigenvalue weighted by Gasteiger charge is 2.04. The summed E-state index contributed by atoms with van der Waals surface area (Å²) in [6.07, 6.45) is 11.2. The molecule has 0 saturated carbocycles. The van der Waals surface area contributed by atoms with Crippen LogP contribution in [0.3, 0.4) is 0 Å². The van der Waals surface area contributed by atoms with Crippen molar-refractivity contribution in [1.29, 1.82) is 0 Å². The first-order valence-electron chi connectivity index (χ1n) is 9.04. The molecule has 0 spiro atoms. The first-order valence-corrected chi connectivity index (χ1v) is 9.04. The Hall–Kier alpha value is -2.89. The number of allylic oxidation sites excluding steroid dienone is 3. The SMILES string of the molecule is CC.CN=CC/C=C\C/C=C/N=C(Nc1cc(NC(C)=O)ccc1C)OC. The second-order valence-corrected chi connectivity index (χ2v) is 5.24. The number of hydrogen-bond acceptors (Lipinski definition) is 4. The third-order valence-electron chi connectivity index (χ3n) is 3.15. The predicted octanol–water partition coefficient (Wildman–Crippen LogP) is 4.94. The molecule has 148 valence electrons. The highest BCUT2D eigenvalue weighted by atomic mass is 16.5. The molecular formula is C21H32N4O2. The van der Waals surface area contributed by atoms with E-state index in [1.54, 1.807) is 20.4 Å². The molecule has 0 radical (unpaired) electrons. The number of benzene rings is 1. The summed E-state index contributed by atoms with van der Waals surface area (Å²) in [4.78, 5) is 19.3. The van der Waals surface area contributed by atoms with Crippen LogP contribution in [-0.2, 0) is 9.53 Å². The maximum absolute atomic E-state index is 11.2. The van der Waals surface area contributed by atoms with Crippen molar-refractivity contribution < 1.29 is 9.53 Å². The van der Waals surface area contributed by atoms with Gasteiger partial charge in [-0.1, -0.05) is 38.1 Å². The van der Waals surface area contributed by atoms with Crippen LogP contribution in [0, 0.1) is 6.92 Å². The fourth-order valence-electron chi connectivity index (χ4n) is 1.91. The van der Waals surface area contributed by atoms with Gasteiger partial charge in [0.05, 0.1) is 7.11 Å². The Balaban J connectivity index is 0.00000326. The summed E-state index contributed by atoms with van der Waals surface area (Å²) < 4.78 is 5.25. The number of methoxy groups -OCH3 is 1. The van der Waals surface area contributed by atoms with Crippen molar-refractivity contribution in [2.45, 2.75) is 40.5 Å². The molecule has 0 aliphatic heterocycles. The van der Waals surface area contributed by atoms with Crippen LogP contribution in [0.25, 0.3) is 0 Å². The summed E-state index contributed by atoms with van der Waals surface area (Å²) in [6.45, 7) is 7.44. The van der Waals surface area contributed by atoms with Gasteiger partial charge in [0.2, 0.25) is 5.91 Å². The van der Waals surface area contributed by atoms with E-state index in [1.807, 2.05) is 57.3 Å². The minimum Gasteiger partial charge on any atom is -0.468 e. The van der Waals surface area contributed by atoms with Crippen molar-refractivity contribution in [1.82, 2.24) is 0 Å². The molecule has 1 rings (SSSR count). The lowest BCUT2D eigenvalue weighted by Crippen LogP contribution is -2.15. The van der Waals surface area contributed by atoms with Crippen molar-refractivity contribution >= 4 is 29.5 Å². The van der Waals surface area contributed by atoms with Gasteiger partial charge < -0.3 is 20.4 Å². The maximum atomic E-state index is 11.2. The first kappa shape index (κ1) is 24.1. The monoisotopic (exact) mass is 372 g/mol. The maximum Gasteiger partial charge on any atom is 0.293 e. The Morgan fingerprint density at radius 1 is 1.15 bits per heavy atom. The molecule has 0 unspecified atom stereocenters. The molecule has 0 aliphatic rings. The average molecular weight is 373 g/mol. The van der Waals surface area contributed by atoms with Gasteiger partial charge in [-0.3, -0.25) is 4.79 Å². The number of carbonyl (C=O) groups is 1. The van der Waals surface area contributed by atoms with Gasteiger partial charge in [0.15, 0.2) is 0 Å². The Kier molecular flexibility index (Phi) is 13.7. The molecule has 0 bridgehead atoms. The highest BCUT2D eigenvalue weighted by molar-refractivity contribution is 5.93. The fourth-order valence-corrected chi connectivity index (χ4v) is 1.91. The van der Waals surface area contributed by atoms with Crippen LogP contribution in [0.2, 0.25) is 0 Å². The molecule has 27 heavy (non-hydrogen) atoms. The topological polar surface area (TPSA) is 75.1 Å². The molecule has 0 atom stereocenters. The molecule has 1 aromatic carbocycles. The van der Waals surface area contributed by atoms with E-state index in [0.717, 1.165) is 24.1 Å². The van der Waals surface area contributed by atoms with Crippen LogP contribution in [0.4, 0.5) is 11.4 Å². The minimum absolute atomic E-state index is 0.114. The summed E-state index contributed by atoms with van der Waals surface area (Å²) in [5.41, 5.74) is 2.55. The third-order valence-corrected chi connectivity index (χ3v) is 3.15. The number of anilines is 2. The number of nitrogens with zero attached hydrogens (tertiary/aromatic N) is 2. The number of carbonyl (C=O) groups excluding carboxylic acids is 1. The van der Waals surface area contributed by atoms with E-state index >= 15 is 0 Å². The lowest BCUT2D eigenvalue weighted by Gasteiger charge is -2.12. The molecule has 1 aromatic rings. The minimum atomic E-state index is -0.114. The Morgan fingerprint density at radius 2 is 1.85 bits per heavy atom. The molecular weight excluding hydrogens is 340 g/mol. The summed E-state index contributed by atoms with van der Waals surface area (Å²) >= 11 is 0. The molecule has 0 aromatic heterocycles. The molecule has 6 heteroatoms. The van der Waals surface area contributed by atoms with Gasteiger partial charge in [0.1, 0.15) is 0 Å². The van der Waals surface area contributed by atoms with Crippen molar-refractivity contribution in [3.05, 3.63) is 48.2 Å². The standard InChI is InChI=1S/C19H26N4O2.C2H6/c1-15-10-11-17(22-16(2)24)14-18(15)23-19(25-4)21-13-9-7-5-6-8-12-20-3;1-2/h5-6,9-14H,7-8H2,1-4H3,(H,21,23)(H,22,24);1-2H3/b6-5-,13-9+,20-12?;. The van der Waals surface area contributed by atoms with Gasteiger partial charge >= 0.3 is 0 Å². The molecule has 0 aliphatic carbocycles. The van der Waals surface area contributed by atoms with Gasteiger partial charge in [0, 0.05) is 44.2 Å². The number of hydrogen-bond donors (Lipinski definition) is 2. The van der Waals surface area contributed by atoms with Gasteiger partial charge in [-0.15, -0.1) is 0 Å². The quantitative estimate of drug-likeness (QED) is 0.404. The average Bonchev–Trinajstić information content (AvgIpc) is 2.66. The van der Waals surface area contributed by atoms with Crippen molar-refractivity contribution in [2.75, 3.05) is 24.8 Å². The summed E-state index contributed by atoms with van der Waals surface area (Å²) in [6, 6.07) is 5.98. The zero-order chi connectivity index (χ0) is 20.5. The van der Waals surface area contributed by atoms with Crippen LogP contribution in [0.1, 0.15) is 39.2 Å². The Bertz CT molecular complexity index is 677. The van der Waals surface area contributed by atoms with E-state index in [2.05, 4.69) is 26.7 Å². The first-order chi connectivity index (χ1) is 13.1. The number of rotatable bonds is 7. The lowest BCUT2D eigenvalue weighted by atomic mass is 10.2. The number of aliphatic imine (C=N–C) groups is 2. The smallest absolute Gasteiger partial charge is 0.293 e. The Morgan fingerprint density at radius 3 is 2.48 bits per heavy atom. The molecule has 0 heterocycles. The van der Waals surface area contributed by atoms with Crippen LogP contribution in [-0.4, -0.2) is 32.3 Å². The zero-order valence-electron chi connectivity index (χ0n) is 17.2. The largest absolute Gasteiger partial charge is 0.468 e. The number of nitrogens with one attached hydrogen (secondary N) is 2. The van der Waals surface area contributed by atoms with Crippen LogP contribution in [0.5, 0.6) is 0 Å². The van der Waals surface area contributed by atoms with Crippen molar-refractivity contribution in [3.63, 3.8) is 0 Å². The van der Waals surface area contributed by atoms with Gasteiger partial charge in [0.25, 0.3) is 6.02 Å². The van der Waals surface area contributed by atoms with Gasteiger partial charge in [-0.2, -0.15) is 0 Å². The highest BCUT2D eigenvalue weighted by Crippen LogP contribution is 2.20. The second-order valence-electron chi connectivity index (χ2n) is 5.24. The Labute approximate surface area is 163 Å².